The van der Waals surface area contributed by atoms with E-state index in [1.807, 2.05) is 48.5 Å². The van der Waals surface area contributed by atoms with E-state index in [1.54, 1.807) is 6.92 Å². The first kappa shape index (κ1) is 14.4. The van der Waals surface area contributed by atoms with Crippen LogP contribution in [0.15, 0.2) is 48.5 Å². The van der Waals surface area contributed by atoms with Gasteiger partial charge in [0.1, 0.15) is 12.4 Å². The van der Waals surface area contributed by atoms with Crippen molar-refractivity contribution in [2.45, 2.75) is 19.6 Å². The van der Waals surface area contributed by atoms with Crippen molar-refractivity contribution in [1.82, 2.24) is 0 Å². The number of ether oxygens (including phenoxy) is 1. The summed E-state index contributed by atoms with van der Waals surface area (Å²) in [6, 6.07) is 15.8. The summed E-state index contributed by atoms with van der Waals surface area (Å²) in [7, 11) is 0. The van der Waals surface area contributed by atoms with Crippen molar-refractivity contribution in [1.29, 1.82) is 0 Å². The third-order valence-electron chi connectivity index (χ3n) is 3.35. The molecule has 0 radical (unpaired) electrons. The highest BCUT2D eigenvalue weighted by Gasteiger charge is 2.13. The summed E-state index contributed by atoms with van der Waals surface area (Å²) in [5.74, 6) is 0.743. The molecule has 0 aliphatic rings. The van der Waals surface area contributed by atoms with E-state index >= 15 is 0 Å². The van der Waals surface area contributed by atoms with Crippen LogP contribution < -0.4 is 4.74 Å². The van der Waals surface area contributed by atoms with Crippen molar-refractivity contribution >= 4 is 33.7 Å². The van der Waals surface area contributed by atoms with Gasteiger partial charge in [0.05, 0.1) is 10.4 Å². The largest absolute Gasteiger partial charge is 0.487 e. The summed E-state index contributed by atoms with van der Waals surface area (Å²) >= 11 is 7.45. The molecule has 0 unspecified atom stereocenters. The van der Waals surface area contributed by atoms with Crippen molar-refractivity contribution in [3.8, 4) is 5.75 Å². The van der Waals surface area contributed by atoms with Gasteiger partial charge in [-0.2, -0.15) is 0 Å². The Bertz CT molecular complexity index is 764. The normalized spacial score (nSPS) is 12.5. The van der Waals surface area contributed by atoms with Gasteiger partial charge in [0.15, 0.2) is 0 Å². The third kappa shape index (κ3) is 3.05. The van der Waals surface area contributed by atoms with Crippen LogP contribution in [0.1, 0.15) is 23.5 Å². The third-order valence-corrected chi connectivity index (χ3v) is 4.55. The van der Waals surface area contributed by atoms with Gasteiger partial charge in [-0.25, -0.2) is 0 Å². The number of thiophene rings is 1. The van der Waals surface area contributed by atoms with Crippen molar-refractivity contribution in [2.75, 3.05) is 0 Å². The van der Waals surface area contributed by atoms with E-state index in [2.05, 4.69) is 0 Å². The Kier molecular flexibility index (Phi) is 4.15. The Morgan fingerprint density at radius 1 is 1.14 bits per heavy atom. The van der Waals surface area contributed by atoms with E-state index < -0.39 is 6.10 Å². The second-order valence-corrected chi connectivity index (χ2v) is 6.68. The number of aliphatic hydroxyl groups is 1. The van der Waals surface area contributed by atoms with Crippen LogP contribution in [0.5, 0.6) is 5.75 Å². The van der Waals surface area contributed by atoms with Crippen molar-refractivity contribution < 1.29 is 9.84 Å². The number of aliphatic hydroxyl groups excluding tert-OH is 1. The molecular formula is C17H15ClO2S. The Morgan fingerprint density at radius 3 is 2.67 bits per heavy atom. The van der Waals surface area contributed by atoms with Gasteiger partial charge < -0.3 is 9.84 Å². The minimum absolute atomic E-state index is 0.450. The molecule has 0 amide bonds. The van der Waals surface area contributed by atoms with Crippen LogP contribution in [-0.2, 0) is 6.61 Å². The number of hydrogen-bond acceptors (Lipinski definition) is 3. The summed E-state index contributed by atoms with van der Waals surface area (Å²) < 4.78 is 6.75. The predicted octanol–water partition coefficient (Wildman–Crippen LogP) is 5.19. The molecule has 2 aromatic carbocycles. The first-order chi connectivity index (χ1) is 10.1. The second kappa shape index (κ2) is 6.06. The van der Waals surface area contributed by atoms with Gasteiger partial charge in [-0.15, -0.1) is 11.3 Å². The van der Waals surface area contributed by atoms with Crippen molar-refractivity contribution in [3.63, 3.8) is 0 Å². The van der Waals surface area contributed by atoms with Gasteiger partial charge in [0.25, 0.3) is 0 Å². The summed E-state index contributed by atoms with van der Waals surface area (Å²) in [5, 5.41) is 12.1. The Morgan fingerprint density at radius 2 is 1.95 bits per heavy atom. The molecule has 21 heavy (non-hydrogen) atoms. The quantitative estimate of drug-likeness (QED) is 0.717. The van der Waals surface area contributed by atoms with Gasteiger partial charge >= 0.3 is 0 Å². The molecule has 1 heterocycles. The standard InChI is InChI=1S/C17H15ClO2S/c1-11(19)14-8-6-12-4-2-3-5-15(12)17(14)20-10-13-7-9-16(18)21-13/h2-9,11,19H,10H2,1H3/t11-/m1/s1. The Hall–Kier alpha value is -1.55. The molecule has 0 aliphatic carbocycles. The smallest absolute Gasteiger partial charge is 0.133 e. The molecule has 2 nitrogen and oxygen atoms in total. The zero-order chi connectivity index (χ0) is 14.8. The van der Waals surface area contributed by atoms with Gasteiger partial charge in [0.2, 0.25) is 0 Å². The summed E-state index contributed by atoms with van der Waals surface area (Å²) in [5.41, 5.74) is 0.802. The molecule has 1 atom stereocenters. The summed E-state index contributed by atoms with van der Waals surface area (Å²) in [6.45, 7) is 2.20. The average Bonchev–Trinajstić information content (AvgIpc) is 2.90. The first-order valence-electron chi connectivity index (χ1n) is 6.72. The first-order valence-corrected chi connectivity index (χ1v) is 7.91. The SMILES string of the molecule is C[C@@H](O)c1ccc2ccccc2c1OCc1ccc(Cl)s1. The van der Waals surface area contributed by atoms with Crippen molar-refractivity contribution in [3.05, 3.63) is 63.3 Å². The zero-order valence-corrected chi connectivity index (χ0v) is 13.1. The lowest BCUT2D eigenvalue weighted by Gasteiger charge is -2.15. The van der Waals surface area contributed by atoms with E-state index in [0.29, 0.717) is 6.61 Å². The molecule has 0 saturated heterocycles. The minimum atomic E-state index is -0.573. The number of rotatable bonds is 4. The predicted molar refractivity (Wildman–Crippen MR) is 88.2 cm³/mol. The lowest BCUT2D eigenvalue weighted by molar-refractivity contribution is 0.191. The van der Waals surface area contributed by atoms with Crippen LogP contribution in [0.4, 0.5) is 0 Å². The number of halogens is 1. The minimum Gasteiger partial charge on any atom is -0.487 e. The topological polar surface area (TPSA) is 29.5 Å². The number of benzene rings is 2. The molecule has 108 valence electrons. The maximum atomic E-state index is 9.97. The molecule has 4 heteroatoms. The highest BCUT2D eigenvalue weighted by molar-refractivity contribution is 7.16. The molecule has 0 spiro atoms. The van der Waals surface area contributed by atoms with E-state index in [4.69, 9.17) is 16.3 Å². The molecule has 1 aromatic heterocycles. The van der Waals surface area contributed by atoms with E-state index in [1.165, 1.54) is 11.3 Å². The van der Waals surface area contributed by atoms with Crippen LogP contribution in [0.2, 0.25) is 4.34 Å². The molecular weight excluding hydrogens is 304 g/mol. The van der Waals surface area contributed by atoms with E-state index in [9.17, 15) is 5.11 Å². The summed E-state index contributed by atoms with van der Waals surface area (Å²) in [6.07, 6.45) is -0.573. The fraction of sp³-hybridized carbons (Fsp3) is 0.176. The van der Waals surface area contributed by atoms with Crippen molar-refractivity contribution in [2.24, 2.45) is 0 Å². The van der Waals surface area contributed by atoms with E-state index in [0.717, 1.165) is 31.3 Å². The molecule has 3 aromatic rings. The van der Waals surface area contributed by atoms with Crippen LogP contribution in [-0.4, -0.2) is 5.11 Å². The van der Waals surface area contributed by atoms with Crippen LogP contribution in [0, 0.1) is 0 Å². The monoisotopic (exact) mass is 318 g/mol. The molecule has 0 bridgehead atoms. The second-order valence-electron chi connectivity index (χ2n) is 4.88. The zero-order valence-electron chi connectivity index (χ0n) is 11.5. The number of fused-ring (bicyclic) bond motifs is 1. The maximum absolute atomic E-state index is 9.97. The Labute approximate surface area is 132 Å². The maximum Gasteiger partial charge on any atom is 0.133 e. The average molecular weight is 319 g/mol. The lowest BCUT2D eigenvalue weighted by Crippen LogP contribution is -2.01. The fourth-order valence-electron chi connectivity index (χ4n) is 2.32. The van der Waals surface area contributed by atoms with E-state index in [-0.39, 0.29) is 0 Å². The van der Waals surface area contributed by atoms with Gasteiger partial charge in [-0.3, -0.25) is 0 Å². The van der Waals surface area contributed by atoms with Gasteiger partial charge in [0, 0.05) is 15.8 Å². The Balaban J connectivity index is 1.99. The molecule has 1 N–H and O–H groups in total. The van der Waals surface area contributed by atoms with Crippen LogP contribution in [0.25, 0.3) is 10.8 Å². The van der Waals surface area contributed by atoms with Gasteiger partial charge in [-0.1, -0.05) is 48.0 Å². The molecule has 0 saturated carbocycles. The number of hydrogen-bond donors (Lipinski definition) is 1. The lowest BCUT2D eigenvalue weighted by atomic mass is 10.0. The fourth-order valence-corrected chi connectivity index (χ4v) is 3.32. The van der Waals surface area contributed by atoms with Crippen LogP contribution in [0.3, 0.4) is 0 Å². The highest BCUT2D eigenvalue weighted by atomic mass is 35.5. The van der Waals surface area contributed by atoms with Gasteiger partial charge in [-0.05, 0) is 24.4 Å². The van der Waals surface area contributed by atoms with Crippen LogP contribution >= 0.6 is 22.9 Å². The molecule has 3 rings (SSSR count). The summed E-state index contributed by atoms with van der Waals surface area (Å²) in [4.78, 5) is 1.06. The highest BCUT2D eigenvalue weighted by Crippen LogP contribution is 2.34. The molecule has 0 fully saturated rings. The molecule has 0 aliphatic heterocycles.